The van der Waals surface area contributed by atoms with Crippen LogP contribution in [0.15, 0.2) is 10.4 Å². The zero-order chi connectivity index (χ0) is 14.0. The van der Waals surface area contributed by atoms with Crippen LogP contribution in [0.1, 0.15) is 11.4 Å². The maximum Gasteiger partial charge on any atom is 0.234 e. The van der Waals surface area contributed by atoms with Gasteiger partial charge in [-0.05, 0) is 13.8 Å². The van der Waals surface area contributed by atoms with Crippen molar-refractivity contribution in [3.8, 4) is 0 Å². The second-order valence-corrected chi connectivity index (χ2v) is 6.36. The van der Waals surface area contributed by atoms with Gasteiger partial charge in [0.05, 0.1) is 33.2 Å². The summed E-state index contributed by atoms with van der Waals surface area (Å²) in [5.74, 6) is 0.270. The molecule has 2 rings (SSSR count). The minimum absolute atomic E-state index is 0.0591. The van der Waals surface area contributed by atoms with Gasteiger partial charge < -0.3 is 11.1 Å². The number of nitrogens with zero attached hydrogens (tertiary/aromatic N) is 3. The van der Waals surface area contributed by atoms with E-state index in [1.807, 2.05) is 20.9 Å². The fourth-order valence-corrected chi connectivity index (χ4v) is 3.16. The lowest BCUT2D eigenvalue weighted by atomic mass is 10.3. The third-order valence-corrected chi connectivity index (χ3v) is 4.64. The molecule has 102 valence electrons. The van der Waals surface area contributed by atoms with E-state index in [0.29, 0.717) is 10.9 Å². The molecule has 0 saturated heterocycles. The quantitative estimate of drug-likeness (QED) is 0.841. The molecule has 0 saturated carbocycles. The van der Waals surface area contributed by atoms with Crippen LogP contribution in [-0.4, -0.2) is 26.4 Å². The van der Waals surface area contributed by atoms with Crippen LogP contribution < -0.4 is 11.1 Å². The number of thioether (sulfide) groups is 1. The Morgan fingerprint density at radius 3 is 2.84 bits per heavy atom. The summed E-state index contributed by atoms with van der Waals surface area (Å²) in [6.45, 7) is 3.80. The standard InChI is InChI=1S/C11H15N5OS2/c1-6-10(7(2)16(3)15-6)14-8(17)5-18-9-4-13-11(12)19-9/h4H,5H2,1-3H3,(H2,12,13)(H,14,17). The Kier molecular flexibility index (Phi) is 4.11. The SMILES string of the molecule is Cc1nn(C)c(C)c1NC(=O)CSc1cnc(N)s1. The monoisotopic (exact) mass is 297 g/mol. The number of nitrogens with two attached hydrogens (primary N) is 1. The number of hydrogen-bond donors (Lipinski definition) is 2. The van der Waals surface area contributed by atoms with Crippen LogP contribution in [0.25, 0.3) is 0 Å². The van der Waals surface area contributed by atoms with Gasteiger partial charge >= 0.3 is 0 Å². The van der Waals surface area contributed by atoms with Crippen LogP contribution in [0, 0.1) is 13.8 Å². The van der Waals surface area contributed by atoms with Gasteiger partial charge in [-0.25, -0.2) is 4.98 Å². The number of rotatable bonds is 4. The third-order valence-electron chi connectivity index (χ3n) is 2.62. The van der Waals surface area contributed by atoms with Gasteiger partial charge in [0.2, 0.25) is 5.91 Å². The van der Waals surface area contributed by atoms with E-state index in [1.54, 1.807) is 10.9 Å². The summed E-state index contributed by atoms with van der Waals surface area (Å²) in [5, 5.41) is 7.66. The first kappa shape index (κ1) is 13.9. The molecule has 0 spiro atoms. The zero-order valence-electron chi connectivity index (χ0n) is 10.9. The zero-order valence-corrected chi connectivity index (χ0v) is 12.6. The topological polar surface area (TPSA) is 85.8 Å². The first-order chi connectivity index (χ1) is 8.97. The van der Waals surface area contributed by atoms with Crippen LogP contribution in [0.2, 0.25) is 0 Å². The predicted octanol–water partition coefficient (Wildman–Crippen LogP) is 1.81. The van der Waals surface area contributed by atoms with Crippen molar-refractivity contribution in [3.63, 3.8) is 0 Å². The van der Waals surface area contributed by atoms with E-state index >= 15 is 0 Å². The molecule has 2 heterocycles. The maximum atomic E-state index is 11.9. The Morgan fingerprint density at radius 1 is 1.58 bits per heavy atom. The molecule has 2 aromatic rings. The van der Waals surface area contributed by atoms with E-state index in [0.717, 1.165) is 21.3 Å². The van der Waals surface area contributed by atoms with Crippen LogP contribution in [0.5, 0.6) is 0 Å². The lowest BCUT2D eigenvalue weighted by Gasteiger charge is -2.04. The average molecular weight is 297 g/mol. The molecule has 1 amide bonds. The minimum atomic E-state index is -0.0591. The van der Waals surface area contributed by atoms with Gasteiger partial charge in [-0.15, -0.1) is 11.8 Å². The molecule has 8 heteroatoms. The van der Waals surface area contributed by atoms with Crippen LogP contribution >= 0.6 is 23.1 Å². The second kappa shape index (κ2) is 5.62. The summed E-state index contributed by atoms with van der Waals surface area (Å²) in [6.07, 6.45) is 1.68. The minimum Gasteiger partial charge on any atom is -0.375 e. The highest BCUT2D eigenvalue weighted by molar-refractivity contribution is 8.01. The Hall–Kier alpha value is -1.54. The van der Waals surface area contributed by atoms with Crippen LogP contribution in [-0.2, 0) is 11.8 Å². The molecule has 0 aliphatic carbocycles. The normalized spacial score (nSPS) is 10.7. The number of hydrogen-bond acceptors (Lipinski definition) is 6. The molecule has 19 heavy (non-hydrogen) atoms. The smallest absolute Gasteiger partial charge is 0.234 e. The van der Waals surface area contributed by atoms with Crippen molar-refractivity contribution in [2.75, 3.05) is 16.8 Å². The highest BCUT2D eigenvalue weighted by atomic mass is 32.2. The lowest BCUT2D eigenvalue weighted by Crippen LogP contribution is -2.15. The summed E-state index contributed by atoms with van der Waals surface area (Å²) in [7, 11) is 1.85. The number of carbonyl (C=O) groups is 1. The van der Waals surface area contributed by atoms with E-state index in [1.165, 1.54) is 23.1 Å². The van der Waals surface area contributed by atoms with Crippen molar-refractivity contribution in [1.82, 2.24) is 14.8 Å². The summed E-state index contributed by atoms with van der Waals surface area (Å²) in [4.78, 5) is 15.8. The molecule has 0 unspecified atom stereocenters. The number of carbonyl (C=O) groups excluding carboxylic acids is 1. The van der Waals surface area contributed by atoms with Crippen molar-refractivity contribution >= 4 is 39.8 Å². The van der Waals surface area contributed by atoms with E-state index in [2.05, 4.69) is 15.4 Å². The predicted molar refractivity (Wildman–Crippen MR) is 78.6 cm³/mol. The van der Waals surface area contributed by atoms with Gasteiger partial charge in [0.1, 0.15) is 0 Å². The van der Waals surface area contributed by atoms with Crippen molar-refractivity contribution in [2.24, 2.45) is 7.05 Å². The molecule has 0 aliphatic rings. The summed E-state index contributed by atoms with van der Waals surface area (Å²) < 4.78 is 2.69. The fraction of sp³-hybridized carbons (Fsp3) is 0.364. The molecule has 2 aromatic heterocycles. The number of nitrogens with one attached hydrogen (secondary N) is 1. The molecule has 0 fully saturated rings. The molecule has 0 radical (unpaired) electrons. The Bertz CT molecular complexity index is 604. The largest absolute Gasteiger partial charge is 0.375 e. The molecule has 3 N–H and O–H groups in total. The number of amides is 1. The van der Waals surface area contributed by atoms with E-state index < -0.39 is 0 Å². The molecular weight excluding hydrogens is 282 g/mol. The van der Waals surface area contributed by atoms with E-state index in [4.69, 9.17) is 5.73 Å². The maximum absolute atomic E-state index is 11.9. The first-order valence-corrected chi connectivity index (χ1v) is 7.41. The molecule has 0 aliphatic heterocycles. The van der Waals surface area contributed by atoms with Crippen LogP contribution in [0.3, 0.4) is 0 Å². The third kappa shape index (κ3) is 3.27. The summed E-state index contributed by atoms with van der Waals surface area (Å²) >= 11 is 2.80. The van der Waals surface area contributed by atoms with Crippen molar-refractivity contribution in [3.05, 3.63) is 17.6 Å². The Labute approximate surface area is 119 Å². The first-order valence-electron chi connectivity index (χ1n) is 5.61. The molecule has 6 nitrogen and oxygen atoms in total. The number of aromatic nitrogens is 3. The summed E-state index contributed by atoms with van der Waals surface area (Å²) in [5.41, 5.74) is 8.08. The van der Waals surface area contributed by atoms with Crippen LogP contribution in [0.4, 0.5) is 10.8 Å². The van der Waals surface area contributed by atoms with Crippen molar-refractivity contribution in [1.29, 1.82) is 0 Å². The number of thiazole rings is 1. The Morgan fingerprint density at radius 2 is 2.32 bits per heavy atom. The van der Waals surface area contributed by atoms with E-state index in [-0.39, 0.29) is 5.91 Å². The van der Waals surface area contributed by atoms with Gasteiger partial charge in [-0.1, -0.05) is 11.3 Å². The Balaban J connectivity index is 1.94. The van der Waals surface area contributed by atoms with Crippen molar-refractivity contribution < 1.29 is 4.79 Å². The highest BCUT2D eigenvalue weighted by Gasteiger charge is 2.13. The van der Waals surface area contributed by atoms with Gasteiger partial charge in [0.15, 0.2) is 5.13 Å². The average Bonchev–Trinajstić information content (AvgIpc) is 2.86. The highest BCUT2D eigenvalue weighted by Crippen LogP contribution is 2.26. The summed E-state index contributed by atoms with van der Waals surface area (Å²) in [6, 6.07) is 0. The second-order valence-electron chi connectivity index (χ2n) is 4.02. The molecule has 0 bridgehead atoms. The fourth-order valence-electron chi connectivity index (χ4n) is 1.61. The van der Waals surface area contributed by atoms with Gasteiger partial charge in [0.25, 0.3) is 0 Å². The lowest BCUT2D eigenvalue weighted by molar-refractivity contribution is -0.113. The number of nitrogen functional groups attached to an aromatic ring is 1. The number of aryl methyl sites for hydroxylation is 2. The molecule has 0 aromatic carbocycles. The van der Waals surface area contributed by atoms with Gasteiger partial charge in [-0.3, -0.25) is 9.48 Å². The van der Waals surface area contributed by atoms with Crippen molar-refractivity contribution in [2.45, 2.75) is 18.1 Å². The van der Waals surface area contributed by atoms with Gasteiger partial charge in [-0.2, -0.15) is 5.10 Å². The molecular formula is C11H15N5OS2. The number of anilines is 2. The molecule has 0 atom stereocenters. The van der Waals surface area contributed by atoms with E-state index in [9.17, 15) is 4.79 Å². The van der Waals surface area contributed by atoms with Gasteiger partial charge in [0, 0.05) is 7.05 Å².